The van der Waals surface area contributed by atoms with Gasteiger partial charge in [-0.3, -0.25) is 9.10 Å². The molecule has 1 fully saturated rings. The fraction of sp³-hybridized carbons (Fsp3) is 0.381. The number of rotatable bonds is 8. The van der Waals surface area contributed by atoms with Crippen LogP contribution < -0.4 is 14.4 Å². The van der Waals surface area contributed by atoms with Gasteiger partial charge in [-0.1, -0.05) is 6.07 Å². The minimum Gasteiger partial charge on any atom is -0.495 e. The normalized spacial score (nSPS) is 15.4. The molecule has 15 heteroatoms. The molecule has 0 unspecified atom stereocenters. The lowest BCUT2D eigenvalue weighted by Crippen LogP contribution is -2.40. The maximum Gasteiger partial charge on any atom is 0.416 e. The zero-order valence-corrected chi connectivity index (χ0v) is 20.9. The SMILES string of the molecule is COc1ccc(S(=O)(=O)N2CCOCC2)cc1NC(=O)CN(c1cccc(C(F)(F)F)c1)S(C)(=O)=O. The van der Waals surface area contributed by atoms with E-state index in [1.807, 2.05) is 0 Å². The molecule has 1 amide bonds. The molecular formula is C21H24F3N3O7S2. The number of sulfonamides is 2. The van der Waals surface area contributed by atoms with Crippen LogP contribution in [0, 0.1) is 0 Å². The molecule has 1 aliphatic heterocycles. The third kappa shape index (κ3) is 6.46. The highest BCUT2D eigenvalue weighted by Crippen LogP contribution is 2.33. The van der Waals surface area contributed by atoms with Crippen LogP contribution in [0.15, 0.2) is 47.4 Å². The summed E-state index contributed by atoms with van der Waals surface area (Å²) in [6.45, 7) is -0.109. The highest BCUT2D eigenvalue weighted by molar-refractivity contribution is 7.92. The second-order valence-electron chi connectivity index (χ2n) is 7.74. The van der Waals surface area contributed by atoms with Gasteiger partial charge in [-0.05, 0) is 36.4 Å². The van der Waals surface area contributed by atoms with Crippen molar-refractivity contribution in [2.24, 2.45) is 0 Å². The Morgan fingerprint density at radius 1 is 1.11 bits per heavy atom. The molecule has 0 aliphatic carbocycles. The topological polar surface area (TPSA) is 122 Å². The van der Waals surface area contributed by atoms with Crippen LogP contribution in [0.3, 0.4) is 0 Å². The van der Waals surface area contributed by atoms with Crippen LogP contribution in [0.2, 0.25) is 0 Å². The molecule has 2 aromatic rings. The number of methoxy groups -OCH3 is 1. The van der Waals surface area contributed by atoms with Crippen molar-refractivity contribution in [3.63, 3.8) is 0 Å². The number of carbonyl (C=O) groups excluding carboxylic acids is 1. The number of anilines is 2. The first-order valence-electron chi connectivity index (χ1n) is 10.4. The Bertz CT molecular complexity index is 1330. The van der Waals surface area contributed by atoms with Crippen molar-refractivity contribution in [2.45, 2.75) is 11.1 Å². The maximum absolute atomic E-state index is 13.1. The molecule has 0 aromatic heterocycles. The molecule has 0 bridgehead atoms. The van der Waals surface area contributed by atoms with Crippen LogP contribution in [-0.4, -0.2) is 73.3 Å². The Morgan fingerprint density at radius 2 is 1.78 bits per heavy atom. The van der Waals surface area contributed by atoms with E-state index in [0.717, 1.165) is 30.5 Å². The minimum absolute atomic E-state index is 0.0608. The van der Waals surface area contributed by atoms with Crippen molar-refractivity contribution < 1.29 is 44.3 Å². The molecule has 3 rings (SSSR count). The van der Waals surface area contributed by atoms with Crippen LogP contribution in [-0.2, 0) is 35.8 Å². The van der Waals surface area contributed by atoms with Gasteiger partial charge in [-0.15, -0.1) is 0 Å². The van der Waals surface area contributed by atoms with Gasteiger partial charge in [0.05, 0.1) is 48.4 Å². The predicted molar refractivity (Wildman–Crippen MR) is 125 cm³/mol. The number of nitrogens with zero attached hydrogens (tertiary/aromatic N) is 2. The Balaban J connectivity index is 1.89. The van der Waals surface area contributed by atoms with Crippen LogP contribution in [0.25, 0.3) is 0 Å². The molecule has 1 heterocycles. The summed E-state index contributed by atoms with van der Waals surface area (Å²) < 4.78 is 102. The zero-order valence-electron chi connectivity index (χ0n) is 19.3. The molecule has 2 aromatic carbocycles. The fourth-order valence-corrected chi connectivity index (χ4v) is 5.72. The Kier molecular flexibility index (Phi) is 8.17. The first-order chi connectivity index (χ1) is 16.7. The summed E-state index contributed by atoms with van der Waals surface area (Å²) in [7, 11) is -6.81. The van der Waals surface area contributed by atoms with Crippen molar-refractivity contribution in [3.8, 4) is 5.75 Å². The summed E-state index contributed by atoms with van der Waals surface area (Å²) in [5.74, 6) is -0.841. The monoisotopic (exact) mass is 551 g/mol. The molecule has 0 spiro atoms. The molecule has 36 heavy (non-hydrogen) atoms. The molecule has 0 radical (unpaired) electrons. The average molecular weight is 552 g/mol. The molecular weight excluding hydrogens is 527 g/mol. The Labute approximate surface area is 206 Å². The Morgan fingerprint density at radius 3 is 2.36 bits per heavy atom. The lowest BCUT2D eigenvalue weighted by atomic mass is 10.2. The summed E-state index contributed by atoms with van der Waals surface area (Å²) in [6.07, 6.45) is -3.97. The number of hydrogen-bond donors (Lipinski definition) is 1. The quantitative estimate of drug-likeness (QED) is 0.534. The number of carbonyl (C=O) groups is 1. The van der Waals surface area contributed by atoms with Crippen LogP contribution >= 0.6 is 0 Å². The highest BCUT2D eigenvalue weighted by atomic mass is 32.2. The van der Waals surface area contributed by atoms with E-state index in [4.69, 9.17) is 9.47 Å². The number of alkyl halides is 3. The molecule has 0 atom stereocenters. The molecule has 1 N–H and O–H groups in total. The fourth-order valence-electron chi connectivity index (χ4n) is 3.44. The summed E-state index contributed by atoms with van der Waals surface area (Å²) in [4.78, 5) is 12.6. The van der Waals surface area contributed by atoms with Gasteiger partial charge in [0.1, 0.15) is 12.3 Å². The molecule has 10 nitrogen and oxygen atoms in total. The first kappa shape index (κ1) is 27.7. The minimum atomic E-state index is -4.72. The van der Waals surface area contributed by atoms with Crippen molar-refractivity contribution in [1.82, 2.24) is 4.31 Å². The average Bonchev–Trinajstić information content (AvgIpc) is 2.82. The van der Waals surface area contributed by atoms with E-state index in [-0.39, 0.29) is 48.3 Å². The van der Waals surface area contributed by atoms with Gasteiger partial charge in [0, 0.05) is 13.1 Å². The molecule has 198 valence electrons. The lowest BCUT2D eigenvalue weighted by molar-refractivity contribution is -0.137. The van der Waals surface area contributed by atoms with Crippen molar-refractivity contribution >= 4 is 37.3 Å². The van der Waals surface area contributed by atoms with Crippen molar-refractivity contribution in [2.75, 3.05) is 55.8 Å². The second-order valence-corrected chi connectivity index (χ2v) is 11.6. The third-order valence-corrected chi connectivity index (χ3v) is 8.24. The van der Waals surface area contributed by atoms with E-state index in [0.29, 0.717) is 10.4 Å². The van der Waals surface area contributed by atoms with E-state index in [9.17, 15) is 34.8 Å². The van der Waals surface area contributed by atoms with Gasteiger partial charge < -0.3 is 14.8 Å². The summed E-state index contributed by atoms with van der Waals surface area (Å²) >= 11 is 0. The number of amides is 1. The summed E-state index contributed by atoms with van der Waals surface area (Å²) in [5, 5.41) is 2.39. The van der Waals surface area contributed by atoms with Crippen LogP contribution in [0.1, 0.15) is 5.56 Å². The maximum atomic E-state index is 13.1. The second kappa shape index (κ2) is 10.6. The Hall–Kier alpha value is -2.88. The van der Waals surface area contributed by atoms with Gasteiger partial charge in [-0.2, -0.15) is 17.5 Å². The van der Waals surface area contributed by atoms with Crippen LogP contribution in [0.4, 0.5) is 24.5 Å². The number of ether oxygens (including phenoxy) is 2. The third-order valence-electron chi connectivity index (χ3n) is 5.20. The summed E-state index contributed by atoms with van der Waals surface area (Å²) in [5.41, 5.74) is -1.51. The van der Waals surface area contributed by atoms with Gasteiger partial charge in [-0.25, -0.2) is 16.8 Å². The highest BCUT2D eigenvalue weighted by Gasteiger charge is 2.32. The van der Waals surface area contributed by atoms with E-state index in [1.54, 1.807) is 0 Å². The predicted octanol–water partition coefficient (Wildman–Crippen LogP) is 2.14. The van der Waals surface area contributed by atoms with Gasteiger partial charge in [0.25, 0.3) is 0 Å². The lowest BCUT2D eigenvalue weighted by Gasteiger charge is -2.26. The number of morpholine rings is 1. The van der Waals surface area contributed by atoms with E-state index in [2.05, 4.69) is 5.32 Å². The number of halogens is 3. The van der Waals surface area contributed by atoms with E-state index >= 15 is 0 Å². The largest absolute Gasteiger partial charge is 0.495 e. The number of benzene rings is 2. The van der Waals surface area contributed by atoms with Gasteiger partial charge in [0.15, 0.2) is 0 Å². The smallest absolute Gasteiger partial charge is 0.416 e. The number of nitrogens with one attached hydrogen (secondary N) is 1. The van der Waals surface area contributed by atoms with Crippen molar-refractivity contribution in [3.05, 3.63) is 48.0 Å². The van der Waals surface area contributed by atoms with Crippen molar-refractivity contribution in [1.29, 1.82) is 0 Å². The standard InChI is InChI=1S/C21H24F3N3O7S2/c1-33-19-7-6-17(36(31,32)26-8-10-34-11-9-26)13-18(19)25-20(28)14-27(35(2,29)30)16-5-3-4-15(12-16)21(22,23)24/h3-7,12-13H,8-11,14H2,1-2H3,(H,25,28). The van der Waals surface area contributed by atoms with E-state index in [1.165, 1.54) is 23.5 Å². The molecule has 1 saturated heterocycles. The zero-order chi connectivity index (χ0) is 26.7. The first-order valence-corrected chi connectivity index (χ1v) is 13.7. The van der Waals surface area contributed by atoms with Gasteiger partial charge in [0.2, 0.25) is 26.0 Å². The molecule has 1 aliphatic rings. The van der Waals surface area contributed by atoms with Crippen LogP contribution in [0.5, 0.6) is 5.75 Å². The summed E-state index contributed by atoms with van der Waals surface area (Å²) in [6, 6.07) is 7.32. The van der Waals surface area contributed by atoms with Gasteiger partial charge >= 0.3 is 6.18 Å². The number of hydrogen-bond acceptors (Lipinski definition) is 7. The van der Waals surface area contributed by atoms with E-state index < -0.39 is 44.2 Å². The molecule has 0 saturated carbocycles.